The highest BCUT2D eigenvalue weighted by molar-refractivity contribution is 5.77. The van der Waals surface area contributed by atoms with E-state index < -0.39 is 12.1 Å². The molecule has 1 aliphatic heterocycles. The van der Waals surface area contributed by atoms with Crippen molar-refractivity contribution in [2.24, 2.45) is 0 Å². The third-order valence-electron chi connectivity index (χ3n) is 2.21. The lowest BCUT2D eigenvalue weighted by atomic mass is 10.1. The van der Waals surface area contributed by atoms with Gasteiger partial charge in [-0.05, 0) is 0 Å². The Morgan fingerprint density at radius 3 is 2.88 bits per heavy atom. The number of benzene rings is 1. The molecule has 0 aliphatic carbocycles. The van der Waals surface area contributed by atoms with Crippen molar-refractivity contribution in [3.05, 3.63) is 35.4 Å². The summed E-state index contributed by atoms with van der Waals surface area (Å²) < 4.78 is 5.26. The van der Waals surface area contributed by atoms with E-state index in [4.69, 9.17) is 19.8 Å². The molecule has 2 rings (SSSR count). The van der Waals surface area contributed by atoms with Gasteiger partial charge in [0.2, 0.25) is 6.29 Å². The van der Waals surface area contributed by atoms with Crippen molar-refractivity contribution in [3.63, 3.8) is 0 Å². The van der Waals surface area contributed by atoms with E-state index in [1.807, 2.05) is 6.07 Å². The number of hydrogen-bond acceptors (Lipinski definition) is 5. The molecule has 1 aromatic carbocycles. The van der Waals surface area contributed by atoms with Gasteiger partial charge in [-0.1, -0.05) is 24.3 Å². The molecular weight excluding hydrogens is 210 g/mol. The second-order valence-corrected chi connectivity index (χ2v) is 3.43. The molecule has 1 aromatic rings. The highest BCUT2D eigenvalue weighted by atomic mass is 17.3. The van der Waals surface area contributed by atoms with E-state index in [1.54, 1.807) is 24.3 Å². The number of ether oxygens (including phenoxy) is 1. The van der Waals surface area contributed by atoms with Crippen LogP contribution in [0, 0.1) is 11.3 Å². The molecule has 0 radical (unpaired) electrons. The van der Waals surface area contributed by atoms with Crippen LogP contribution in [0.3, 0.4) is 0 Å². The summed E-state index contributed by atoms with van der Waals surface area (Å²) in [5.74, 6) is -1.43. The third kappa shape index (κ3) is 1.82. The number of nitriles is 1. The summed E-state index contributed by atoms with van der Waals surface area (Å²) in [4.78, 5) is 20.4. The summed E-state index contributed by atoms with van der Waals surface area (Å²) in [6, 6.07) is 8.61. The lowest BCUT2D eigenvalue weighted by Crippen LogP contribution is -2.22. The number of rotatable bonds is 2. The van der Waals surface area contributed by atoms with E-state index in [0.717, 1.165) is 0 Å². The monoisotopic (exact) mass is 219 g/mol. The van der Waals surface area contributed by atoms with Gasteiger partial charge in [0, 0.05) is 18.1 Å². The molecule has 1 aliphatic rings. The predicted molar refractivity (Wildman–Crippen MR) is 51.8 cm³/mol. The highest BCUT2D eigenvalue weighted by Crippen LogP contribution is 2.35. The zero-order chi connectivity index (χ0) is 11.6. The smallest absolute Gasteiger partial charge is 0.289 e. The highest BCUT2D eigenvalue weighted by Gasteiger charge is 2.41. The molecule has 2 unspecified atom stereocenters. The second-order valence-electron chi connectivity index (χ2n) is 3.43. The standard InChI is InChI=1S/C11H9NO4/c1-11(7-12)14-10(15-16-11)9-5-3-2-4-8(9)6-13/h2-6,10H,1H3. The van der Waals surface area contributed by atoms with Crippen LogP contribution >= 0.6 is 0 Å². The molecule has 0 N–H and O–H groups in total. The van der Waals surface area contributed by atoms with Gasteiger partial charge in [0.15, 0.2) is 6.29 Å². The Hall–Kier alpha value is -1.74. The van der Waals surface area contributed by atoms with E-state index in [2.05, 4.69) is 0 Å². The summed E-state index contributed by atoms with van der Waals surface area (Å²) in [7, 11) is 0. The van der Waals surface area contributed by atoms with E-state index in [1.165, 1.54) is 6.92 Å². The molecular formula is C11H9NO4. The number of carbonyl (C=O) groups is 1. The molecule has 1 heterocycles. The van der Waals surface area contributed by atoms with Crippen LogP contribution in [0.1, 0.15) is 29.1 Å². The van der Waals surface area contributed by atoms with Crippen LogP contribution in [0.2, 0.25) is 0 Å². The van der Waals surface area contributed by atoms with Crippen LogP contribution in [-0.4, -0.2) is 12.1 Å². The first-order valence-electron chi connectivity index (χ1n) is 4.66. The maximum atomic E-state index is 10.8. The summed E-state index contributed by atoms with van der Waals surface area (Å²) in [5.41, 5.74) is 0.981. The van der Waals surface area contributed by atoms with Crippen LogP contribution in [0.25, 0.3) is 0 Å². The van der Waals surface area contributed by atoms with Crippen molar-refractivity contribution >= 4 is 6.29 Å². The van der Waals surface area contributed by atoms with E-state index >= 15 is 0 Å². The van der Waals surface area contributed by atoms with Crippen molar-refractivity contribution in [3.8, 4) is 6.07 Å². The number of hydrogen-bond donors (Lipinski definition) is 0. The van der Waals surface area contributed by atoms with Gasteiger partial charge in [0.1, 0.15) is 6.07 Å². The Balaban J connectivity index is 2.28. The first kappa shape index (κ1) is 10.8. The lowest BCUT2D eigenvalue weighted by Gasteiger charge is -2.11. The first-order chi connectivity index (χ1) is 7.68. The number of carbonyl (C=O) groups excluding carboxylic acids is 1. The van der Waals surface area contributed by atoms with Gasteiger partial charge in [-0.3, -0.25) is 9.53 Å². The van der Waals surface area contributed by atoms with E-state index in [0.29, 0.717) is 17.4 Å². The Kier molecular flexibility index (Phi) is 2.71. The van der Waals surface area contributed by atoms with Crippen molar-refractivity contribution in [2.45, 2.75) is 19.0 Å². The van der Waals surface area contributed by atoms with Crippen LogP contribution < -0.4 is 0 Å². The van der Waals surface area contributed by atoms with Crippen molar-refractivity contribution in [1.29, 1.82) is 5.26 Å². The van der Waals surface area contributed by atoms with Gasteiger partial charge in [0.25, 0.3) is 5.79 Å². The van der Waals surface area contributed by atoms with Gasteiger partial charge < -0.3 is 0 Å². The molecule has 0 saturated carbocycles. The van der Waals surface area contributed by atoms with Crippen molar-refractivity contribution in [1.82, 2.24) is 0 Å². The molecule has 0 bridgehead atoms. The third-order valence-corrected chi connectivity index (χ3v) is 2.21. The summed E-state index contributed by atoms with van der Waals surface area (Å²) in [6.45, 7) is 1.44. The molecule has 1 saturated heterocycles. The SMILES string of the molecule is CC1(C#N)OOC(c2ccccc2C=O)O1. The van der Waals surface area contributed by atoms with Gasteiger partial charge >= 0.3 is 0 Å². The molecule has 0 spiro atoms. The maximum absolute atomic E-state index is 10.8. The van der Waals surface area contributed by atoms with E-state index in [9.17, 15) is 4.79 Å². The Morgan fingerprint density at radius 1 is 1.50 bits per heavy atom. The fourth-order valence-electron chi connectivity index (χ4n) is 1.37. The molecule has 2 atom stereocenters. The Morgan fingerprint density at radius 2 is 2.25 bits per heavy atom. The zero-order valence-corrected chi connectivity index (χ0v) is 8.54. The predicted octanol–water partition coefficient (Wildman–Crippen LogP) is 1.72. The Bertz CT molecular complexity index is 454. The minimum atomic E-state index is -1.43. The van der Waals surface area contributed by atoms with Crippen molar-refractivity contribution in [2.75, 3.05) is 0 Å². The minimum absolute atomic E-state index is 0.443. The molecule has 82 valence electrons. The summed E-state index contributed by atoms with van der Waals surface area (Å²) in [6.07, 6.45) is -0.157. The largest absolute Gasteiger partial charge is 0.299 e. The molecule has 16 heavy (non-hydrogen) atoms. The van der Waals surface area contributed by atoms with E-state index in [-0.39, 0.29) is 0 Å². The van der Waals surface area contributed by atoms with Gasteiger partial charge in [-0.25, -0.2) is 0 Å². The quantitative estimate of drug-likeness (QED) is 0.559. The van der Waals surface area contributed by atoms with Gasteiger partial charge in [-0.15, -0.1) is 0 Å². The average molecular weight is 219 g/mol. The van der Waals surface area contributed by atoms with Crippen molar-refractivity contribution < 1.29 is 19.3 Å². The fraction of sp³-hybridized carbons (Fsp3) is 0.273. The van der Waals surface area contributed by atoms with Crippen LogP contribution in [0.4, 0.5) is 0 Å². The molecule has 0 aromatic heterocycles. The normalized spacial score (nSPS) is 28.6. The summed E-state index contributed by atoms with van der Waals surface area (Å²) >= 11 is 0. The molecule has 1 fully saturated rings. The molecule has 5 nitrogen and oxygen atoms in total. The average Bonchev–Trinajstić information content (AvgIpc) is 2.73. The van der Waals surface area contributed by atoms with Crippen LogP contribution in [0.15, 0.2) is 24.3 Å². The fourth-order valence-corrected chi connectivity index (χ4v) is 1.37. The minimum Gasteiger partial charge on any atom is -0.299 e. The van der Waals surface area contributed by atoms with Gasteiger partial charge in [0.05, 0.1) is 0 Å². The number of aldehydes is 1. The second kappa shape index (κ2) is 4.02. The summed E-state index contributed by atoms with van der Waals surface area (Å²) in [5, 5.41) is 8.77. The van der Waals surface area contributed by atoms with Crippen LogP contribution in [-0.2, 0) is 14.5 Å². The molecule has 5 heteroatoms. The first-order valence-corrected chi connectivity index (χ1v) is 4.66. The van der Waals surface area contributed by atoms with Gasteiger partial charge in [-0.2, -0.15) is 15.0 Å². The topological polar surface area (TPSA) is 68.5 Å². The maximum Gasteiger partial charge on any atom is 0.289 e. The Labute approximate surface area is 92.1 Å². The van der Waals surface area contributed by atoms with Crippen LogP contribution in [0.5, 0.6) is 0 Å². The molecule has 0 amide bonds. The lowest BCUT2D eigenvalue weighted by molar-refractivity contribution is -0.312. The number of nitrogens with zero attached hydrogens (tertiary/aromatic N) is 1. The zero-order valence-electron chi connectivity index (χ0n) is 8.54.